The zero-order chi connectivity index (χ0) is 20.0. The highest BCUT2D eigenvalue weighted by molar-refractivity contribution is 9.11. The number of carbonyl (C=O) groups is 1. The van der Waals surface area contributed by atoms with Gasteiger partial charge in [-0.05, 0) is 40.2 Å². The second kappa shape index (κ2) is 9.33. The summed E-state index contributed by atoms with van der Waals surface area (Å²) in [6.45, 7) is -0.330. The van der Waals surface area contributed by atoms with E-state index in [2.05, 4.69) is 42.4 Å². The van der Waals surface area contributed by atoms with Crippen LogP contribution in [0.25, 0.3) is 0 Å². The number of ether oxygens (including phenoxy) is 2. The Kier molecular flexibility index (Phi) is 7.13. The molecule has 9 nitrogen and oxygen atoms in total. The van der Waals surface area contributed by atoms with Crippen molar-refractivity contribution < 1.29 is 24.3 Å². The lowest BCUT2D eigenvalue weighted by atomic mass is 10.2. The van der Waals surface area contributed by atoms with Crippen LogP contribution in [0.3, 0.4) is 0 Å². The molecular formula is C16H13Br2N3O6. The molecule has 0 aliphatic carbocycles. The Morgan fingerprint density at radius 2 is 2.11 bits per heavy atom. The summed E-state index contributed by atoms with van der Waals surface area (Å²) >= 11 is 6.65. The fourth-order valence-corrected chi connectivity index (χ4v) is 3.24. The van der Waals surface area contributed by atoms with E-state index >= 15 is 0 Å². The summed E-state index contributed by atoms with van der Waals surface area (Å²) in [5.41, 5.74) is 2.11. The third kappa shape index (κ3) is 5.66. The van der Waals surface area contributed by atoms with Gasteiger partial charge in [0.15, 0.2) is 23.9 Å². The first kappa shape index (κ1) is 20.6. The first-order valence-electron chi connectivity index (χ1n) is 7.27. The lowest BCUT2D eigenvalue weighted by Crippen LogP contribution is -2.24. The molecule has 0 heterocycles. The lowest BCUT2D eigenvalue weighted by molar-refractivity contribution is -0.385. The van der Waals surface area contributed by atoms with Gasteiger partial charge in [-0.3, -0.25) is 14.9 Å². The molecule has 2 aromatic carbocycles. The molecule has 11 heteroatoms. The number of hydrogen-bond donors (Lipinski definition) is 2. The predicted octanol–water partition coefficient (Wildman–Crippen LogP) is 3.36. The smallest absolute Gasteiger partial charge is 0.311 e. The number of rotatable bonds is 7. The highest BCUT2D eigenvalue weighted by atomic mass is 79.9. The van der Waals surface area contributed by atoms with Gasteiger partial charge in [-0.25, -0.2) is 5.43 Å². The molecular weight excluding hydrogens is 490 g/mol. The van der Waals surface area contributed by atoms with E-state index in [-0.39, 0.29) is 6.61 Å². The molecule has 2 rings (SSSR count). The Morgan fingerprint density at radius 3 is 2.78 bits per heavy atom. The molecule has 0 radical (unpaired) electrons. The molecule has 0 spiro atoms. The zero-order valence-electron chi connectivity index (χ0n) is 13.8. The van der Waals surface area contributed by atoms with Crippen molar-refractivity contribution >= 4 is 49.7 Å². The molecule has 0 unspecified atom stereocenters. The van der Waals surface area contributed by atoms with Crippen LogP contribution in [0.5, 0.6) is 17.2 Å². The number of benzene rings is 2. The number of halogens is 2. The van der Waals surface area contributed by atoms with Crippen LogP contribution in [0.15, 0.2) is 44.4 Å². The van der Waals surface area contributed by atoms with Crippen LogP contribution in [0, 0.1) is 10.1 Å². The number of nitro benzene ring substituents is 1. The van der Waals surface area contributed by atoms with Gasteiger partial charge in [-0.1, -0.05) is 15.9 Å². The Morgan fingerprint density at radius 1 is 1.37 bits per heavy atom. The third-order valence-electron chi connectivity index (χ3n) is 3.14. The van der Waals surface area contributed by atoms with Crippen LogP contribution in [0.2, 0.25) is 0 Å². The summed E-state index contributed by atoms with van der Waals surface area (Å²) in [4.78, 5) is 21.9. The predicted molar refractivity (Wildman–Crippen MR) is 104 cm³/mol. The van der Waals surface area contributed by atoms with Crippen LogP contribution in [0.1, 0.15) is 5.56 Å². The minimum atomic E-state index is -0.720. The molecule has 0 aliphatic rings. The Balaban J connectivity index is 1.97. The monoisotopic (exact) mass is 501 g/mol. The number of phenolic OH excluding ortho intramolecular Hbond substituents is 1. The summed E-state index contributed by atoms with van der Waals surface area (Å²) in [5.74, 6) is -0.210. The molecule has 1 amide bonds. The highest BCUT2D eigenvalue weighted by Crippen LogP contribution is 2.38. The van der Waals surface area contributed by atoms with Crippen molar-refractivity contribution in [2.24, 2.45) is 5.10 Å². The number of aromatic hydroxyl groups is 1. The van der Waals surface area contributed by atoms with Crippen LogP contribution in [0.4, 0.5) is 5.69 Å². The minimum absolute atomic E-state index is 0.330. The molecule has 0 aliphatic heterocycles. The molecule has 0 aromatic heterocycles. The number of methoxy groups -OCH3 is 1. The zero-order valence-corrected chi connectivity index (χ0v) is 17.0. The summed E-state index contributed by atoms with van der Waals surface area (Å²) < 4.78 is 12.0. The molecule has 0 fully saturated rings. The van der Waals surface area contributed by atoms with E-state index in [1.807, 2.05) is 0 Å². The third-order valence-corrected chi connectivity index (χ3v) is 4.19. The van der Waals surface area contributed by atoms with Crippen molar-refractivity contribution in [1.82, 2.24) is 5.43 Å². The first-order chi connectivity index (χ1) is 12.8. The molecule has 142 valence electrons. The second-order valence-corrected chi connectivity index (χ2v) is 6.78. The molecule has 0 saturated carbocycles. The largest absolute Gasteiger partial charge is 0.502 e. The average molecular weight is 503 g/mol. The number of nitrogens with one attached hydrogen (secondary N) is 1. The maximum atomic E-state index is 11.9. The Labute approximate surface area is 170 Å². The Bertz CT molecular complexity index is 904. The Hall–Kier alpha value is -2.66. The number of hydrazone groups is 1. The fourth-order valence-electron chi connectivity index (χ4n) is 1.94. The summed E-state index contributed by atoms with van der Waals surface area (Å²) in [6.07, 6.45) is 1.21. The van der Waals surface area contributed by atoms with E-state index in [0.29, 0.717) is 21.5 Å². The summed E-state index contributed by atoms with van der Waals surface area (Å²) in [7, 11) is 1.47. The lowest BCUT2D eigenvalue weighted by Gasteiger charge is -2.12. The SMILES string of the molecule is COc1cc(Br)cc(Br)c1OCC(=O)N/N=C/c1ccc(O)c([N+](=O)[O-])c1. The minimum Gasteiger partial charge on any atom is -0.502 e. The maximum absolute atomic E-state index is 11.9. The van der Waals surface area contributed by atoms with Gasteiger partial charge in [-0.15, -0.1) is 0 Å². The van der Waals surface area contributed by atoms with Gasteiger partial charge in [0.05, 0.1) is 22.7 Å². The van der Waals surface area contributed by atoms with Crippen molar-refractivity contribution in [3.8, 4) is 17.2 Å². The van der Waals surface area contributed by atoms with Gasteiger partial charge in [0.2, 0.25) is 0 Å². The number of carbonyl (C=O) groups excluding carboxylic acids is 1. The maximum Gasteiger partial charge on any atom is 0.311 e. The van der Waals surface area contributed by atoms with E-state index in [1.54, 1.807) is 12.1 Å². The van der Waals surface area contributed by atoms with Gasteiger partial charge in [0, 0.05) is 16.1 Å². The normalized spacial score (nSPS) is 10.6. The van der Waals surface area contributed by atoms with Crippen molar-refractivity contribution in [1.29, 1.82) is 0 Å². The van der Waals surface area contributed by atoms with Gasteiger partial charge in [0.25, 0.3) is 5.91 Å². The number of nitrogens with zero attached hydrogens (tertiary/aromatic N) is 2. The van der Waals surface area contributed by atoms with Crippen molar-refractivity contribution in [2.75, 3.05) is 13.7 Å². The number of phenols is 1. The van der Waals surface area contributed by atoms with Gasteiger partial charge in [-0.2, -0.15) is 5.10 Å². The van der Waals surface area contributed by atoms with Crippen LogP contribution >= 0.6 is 31.9 Å². The second-order valence-electron chi connectivity index (χ2n) is 5.01. The summed E-state index contributed by atoms with van der Waals surface area (Å²) in [5, 5.41) is 23.9. The fraction of sp³-hybridized carbons (Fsp3) is 0.125. The molecule has 0 saturated heterocycles. The molecule has 0 atom stereocenters. The van der Waals surface area contributed by atoms with Gasteiger partial charge < -0.3 is 14.6 Å². The van der Waals surface area contributed by atoms with Crippen molar-refractivity contribution in [2.45, 2.75) is 0 Å². The van der Waals surface area contributed by atoms with Crippen LogP contribution < -0.4 is 14.9 Å². The number of amides is 1. The van der Waals surface area contributed by atoms with E-state index in [0.717, 1.165) is 10.5 Å². The van der Waals surface area contributed by atoms with Crippen LogP contribution in [-0.2, 0) is 4.79 Å². The van der Waals surface area contributed by atoms with E-state index in [4.69, 9.17) is 9.47 Å². The van der Waals surface area contributed by atoms with E-state index in [9.17, 15) is 20.0 Å². The van der Waals surface area contributed by atoms with Crippen LogP contribution in [-0.4, -0.2) is 35.9 Å². The van der Waals surface area contributed by atoms with Crippen molar-refractivity contribution in [3.05, 3.63) is 55.0 Å². The number of hydrogen-bond acceptors (Lipinski definition) is 7. The highest BCUT2D eigenvalue weighted by Gasteiger charge is 2.14. The van der Waals surface area contributed by atoms with Crippen molar-refractivity contribution in [3.63, 3.8) is 0 Å². The molecule has 2 aromatic rings. The molecule has 27 heavy (non-hydrogen) atoms. The van der Waals surface area contributed by atoms with E-state index < -0.39 is 22.3 Å². The molecule has 2 N–H and O–H groups in total. The van der Waals surface area contributed by atoms with E-state index in [1.165, 1.54) is 25.5 Å². The average Bonchev–Trinajstić information content (AvgIpc) is 2.61. The molecule has 0 bridgehead atoms. The van der Waals surface area contributed by atoms with Gasteiger partial charge in [0.1, 0.15) is 0 Å². The van der Waals surface area contributed by atoms with Gasteiger partial charge >= 0.3 is 5.69 Å². The number of nitro groups is 1. The standard InChI is InChI=1S/C16H13Br2N3O6/c1-26-14-6-10(17)5-11(18)16(14)27-8-15(23)20-19-7-9-2-3-13(22)12(4-9)21(24)25/h2-7,22H,8H2,1H3,(H,20,23)/b19-7+. The summed E-state index contributed by atoms with van der Waals surface area (Å²) in [6, 6.07) is 7.14. The topological polar surface area (TPSA) is 123 Å². The quantitative estimate of drug-likeness (QED) is 0.340. The first-order valence-corrected chi connectivity index (χ1v) is 8.85.